The highest BCUT2D eigenvalue weighted by Gasteiger charge is 2.26. The van der Waals surface area contributed by atoms with Gasteiger partial charge in [-0.1, -0.05) is 30.3 Å². The SMILES string of the molecule is COc1cccc(-c2nn(-c3ccccc3)cc2C(=O)N2CCCN(c3nc(C)cs3)CC2)c1. The first-order valence-corrected chi connectivity index (χ1v) is 12.3. The maximum atomic E-state index is 13.8. The fourth-order valence-electron chi connectivity index (χ4n) is 4.20. The van der Waals surface area contributed by atoms with Gasteiger partial charge in [0.25, 0.3) is 5.91 Å². The number of hydrogen-bond acceptors (Lipinski definition) is 6. The molecule has 8 heteroatoms. The zero-order chi connectivity index (χ0) is 23.5. The van der Waals surface area contributed by atoms with Gasteiger partial charge in [-0.3, -0.25) is 4.79 Å². The molecule has 0 saturated carbocycles. The van der Waals surface area contributed by atoms with Crippen molar-refractivity contribution in [3.8, 4) is 22.7 Å². The molecule has 0 bridgehead atoms. The lowest BCUT2D eigenvalue weighted by molar-refractivity contribution is 0.0767. The van der Waals surface area contributed by atoms with E-state index in [4.69, 9.17) is 9.84 Å². The molecule has 0 atom stereocenters. The first kappa shape index (κ1) is 22.2. The van der Waals surface area contributed by atoms with Gasteiger partial charge in [-0.15, -0.1) is 11.3 Å². The van der Waals surface area contributed by atoms with Crippen molar-refractivity contribution in [2.45, 2.75) is 13.3 Å². The first-order valence-electron chi connectivity index (χ1n) is 11.4. The van der Waals surface area contributed by atoms with Gasteiger partial charge in [-0.05, 0) is 37.6 Å². The standard InChI is InChI=1S/C26H27N5O2S/c1-19-18-34-26(27-19)30-13-7-12-29(14-15-30)25(32)23-17-31(21-9-4-3-5-10-21)28-24(23)20-8-6-11-22(16-20)33-2/h3-6,8-11,16-18H,7,12-15H2,1-2H3. The summed E-state index contributed by atoms with van der Waals surface area (Å²) in [5.74, 6) is 0.728. The largest absolute Gasteiger partial charge is 0.497 e. The highest BCUT2D eigenvalue weighted by molar-refractivity contribution is 7.13. The number of carbonyl (C=O) groups is 1. The molecule has 2 aromatic carbocycles. The van der Waals surface area contributed by atoms with Crippen LogP contribution < -0.4 is 9.64 Å². The van der Waals surface area contributed by atoms with Gasteiger partial charge >= 0.3 is 0 Å². The molecule has 1 aliphatic rings. The van der Waals surface area contributed by atoms with E-state index in [9.17, 15) is 4.79 Å². The third-order valence-corrected chi connectivity index (χ3v) is 6.99. The fraction of sp³-hybridized carbons (Fsp3) is 0.269. The molecule has 4 aromatic rings. The van der Waals surface area contributed by atoms with Gasteiger partial charge in [-0.25, -0.2) is 9.67 Å². The van der Waals surface area contributed by atoms with E-state index in [2.05, 4.69) is 15.3 Å². The predicted octanol–water partition coefficient (Wildman–Crippen LogP) is 4.67. The molecule has 0 spiro atoms. The Morgan fingerprint density at radius 3 is 2.65 bits per heavy atom. The van der Waals surface area contributed by atoms with E-state index >= 15 is 0 Å². The Kier molecular flexibility index (Phi) is 6.31. The van der Waals surface area contributed by atoms with Gasteiger partial charge in [-0.2, -0.15) is 5.10 Å². The van der Waals surface area contributed by atoms with Crippen molar-refractivity contribution in [2.24, 2.45) is 0 Å². The van der Waals surface area contributed by atoms with Gasteiger partial charge in [0, 0.05) is 43.3 Å². The summed E-state index contributed by atoms with van der Waals surface area (Å²) in [6.45, 7) is 5.01. The van der Waals surface area contributed by atoms with E-state index in [1.165, 1.54) is 0 Å². The van der Waals surface area contributed by atoms with E-state index in [1.54, 1.807) is 23.1 Å². The Hall–Kier alpha value is -3.65. The van der Waals surface area contributed by atoms with Crippen molar-refractivity contribution >= 4 is 22.4 Å². The molecule has 0 N–H and O–H groups in total. The van der Waals surface area contributed by atoms with Gasteiger partial charge in [0.15, 0.2) is 5.13 Å². The summed E-state index contributed by atoms with van der Waals surface area (Å²) in [6, 6.07) is 17.6. The lowest BCUT2D eigenvalue weighted by Gasteiger charge is -2.21. The number of ether oxygens (including phenoxy) is 1. The maximum absolute atomic E-state index is 13.8. The van der Waals surface area contributed by atoms with E-state index in [-0.39, 0.29) is 5.91 Å². The number of nitrogens with zero attached hydrogens (tertiary/aromatic N) is 5. The minimum absolute atomic E-state index is 0.00262. The van der Waals surface area contributed by atoms with E-state index in [1.807, 2.05) is 72.6 Å². The van der Waals surface area contributed by atoms with Crippen molar-refractivity contribution in [1.82, 2.24) is 19.7 Å². The molecule has 7 nitrogen and oxygen atoms in total. The average molecular weight is 474 g/mol. The van der Waals surface area contributed by atoms with Crippen LogP contribution >= 0.6 is 11.3 Å². The fourth-order valence-corrected chi connectivity index (χ4v) is 5.05. The van der Waals surface area contributed by atoms with Crippen LogP contribution in [0.2, 0.25) is 0 Å². The second-order valence-corrected chi connectivity index (χ2v) is 9.14. The quantitative estimate of drug-likeness (QED) is 0.422. The molecule has 34 heavy (non-hydrogen) atoms. The molecule has 0 aliphatic carbocycles. The number of benzene rings is 2. The molecule has 1 saturated heterocycles. The molecule has 3 heterocycles. The van der Waals surface area contributed by atoms with Crippen LogP contribution in [0, 0.1) is 6.92 Å². The van der Waals surface area contributed by atoms with Gasteiger partial charge in [0.1, 0.15) is 11.4 Å². The van der Waals surface area contributed by atoms with Crippen molar-refractivity contribution in [3.05, 3.63) is 77.4 Å². The Labute approximate surface area is 203 Å². The number of para-hydroxylation sites is 1. The molecule has 174 valence electrons. The molecule has 0 radical (unpaired) electrons. The number of rotatable bonds is 5. The lowest BCUT2D eigenvalue weighted by atomic mass is 10.1. The number of thiazole rings is 1. The monoisotopic (exact) mass is 473 g/mol. The summed E-state index contributed by atoms with van der Waals surface area (Å²) in [6.07, 6.45) is 2.74. The van der Waals surface area contributed by atoms with Crippen molar-refractivity contribution in [2.75, 3.05) is 38.2 Å². The summed E-state index contributed by atoms with van der Waals surface area (Å²) < 4.78 is 7.20. The predicted molar refractivity (Wildman–Crippen MR) is 135 cm³/mol. The summed E-state index contributed by atoms with van der Waals surface area (Å²) in [5.41, 5.74) is 4.05. The summed E-state index contributed by atoms with van der Waals surface area (Å²) >= 11 is 1.66. The molecule has 2 aromatic heterocycles. The minimum atomic E-state index is -0.00262. The van der Waals surface area contributed by atoms with Crippen molar-refractivity contribution in [1.29, 1.82) is 0 Å². The number of aryl methyl sites for hydroxylation is 1. The van der Waals surface area contributed by atoms with Gasteiger partial charge in [0.05, 0.1) is 24.1 Å². The first-order chi connectivity index (χ1) is 16.6. The van der Waals surface area contributed by atoms with Crippen LogP contribution in [-0.4, -0.2) is 58.9 Å². The normalized spacial score (nSPS) is 14.2. The molecule has 0 unspecified atom stereocenters. The molecular formula is C26H27N5O2S. The van der Waals surface area contributed by atoms with Gasteiger partial charge in [0.2, 0.25) is 0 Å². The molecular weight excluding hydrogens is 446 g/mol. The highest BCUT2D eigenvalue weighted by atomic mass is 32.1. The number of carbonyl (C=O) groups excluding carboxylic acids is 1. The Morgan fingerprint density at radius 1 is 1.03 bits per heavy atom. The van der Waals surface area contributed by atoms with Crippen LogP contribution in [-0.2, 0) is 0 Å². The molecule has 1 aliphatic heterocycles. The molecule has 5 rings (SSSR count). The smallest absolute Gasteiger partial charge is 0.257 e. The molecule has 1 fully saturated rings. The minimum Gasteiger partial charge on any atom is -0.497 e. The number of aromatic nitrogens is 3. The van der Waals surface area contributed by atoms with Crippen LogP contribution in [0.4, 0.5) is 5.13 Å². The average Bonchev–Trinajstić information content (AvgIpc) is 3.44. The molecule has 1 amide bonds. The van der Waals surface area contributed by atoms with Crippen LogP contribution in [0.5, 0.6) is 5.75 Å². The third kappa shape index (κ3) is 4.54. The zero-order valence-corrected chi connectivity index (χ0v) is 20.2. The van der Waals surface area contributed by atoms with Crippen molar-refractivity contribution in [3.63, 3.8) is 0 Å². The van der Waals surface area contributed by atoms with E-state index in [0.717, 1.165) is 47.3 Å². The Bertz CT molecular complexity index is 1280. The van der Waals surface area contributed by atoms with E-state index < -0.39 is 0 Å². The topological polar surface area (TPSA) is 63.5 Å². The third-order valence-electron chi connectivity index (χ3n) is 5.97. The lowest BCUT2D eigenvalue weighted by Crippen LogP contribution is -2.35. The van der Waals surface area contributed by atoms with Crippen LogP contribution in [0.15, 0.2) is 66.2 Å². The summed E-state index contributed by atoms with van der Waals surface area (Å²) in [5, 5.41) is 7.93. The highest BCUT2D eigenvalue weighted by Crippen LogP contribution is 2.29. The number of methoxy groups -OCH3 is 1. The van der Waals surface area contributed by atoms with Crippen LogP contribution in [0.25, 0.3) is 16.9 Å². The number of amides is 1. The Morgan fingerprint density at radius 2 is 1.88 bits per heavy atom. The summed E-state index contributed by atoms with van der Waals surface area (Å²) in [7, 11) is 1.64. The second kappa shape index (κ2) is 9.69. The van der Waals surface area contributed by atoms with Crippen molar-refractivity contribution < 1.29 is 9.53 Å². The second-order valence-electron chi connectivity index (χ2n) is 8.31. The van der Waals surface area contributed by atoms with Gasteiger partial charge < -0.3 is 14.5 Å². The zero-order valence-electron chi connectivity index (χ0n) is 19.3. The maximum Gasteiger partial charge on any atom is 0.257 e. The summed E-state index contributed by atoms with van der Waals surface area (Å²) in [4.78, 5) is 22.6. The van der Waals surface area contributed by atoms with Crippen LogP contribution in [0.3, 0.4) is 0 Å². The van der Waals surface area contributed by atoms with E-state index in [0.29, 0.717) is 24.3 Å². The number of anilines is 1. The van der Waals surface area contributed by atoms with Crippen LogP contribution in [0.1, 0.15) is 22.5 Å². The number of hydrogen-bond donors (Lipinski definition) is 0. The Balaban J connectivity index is 1.46.